The molecule has 3 N–H and O–H groups in total. The number of fused-ring (bicyclic) bond motifs is 1. The van der Waals surface area contributed by atoms with Gasteiger partial charge in [0.1, 0.15) is 5.82 Å². The number of anilines is 2. The zero-order valence-electron chi connectivity index (χ0n) is 16.7. The van der Waals surface area contributed by atoms with Crippen molar-refractivity contribution < 1.29 is 4.79 Å². The zero-order chi connectivity index (χ0) is 21.6. The first-order valence-corrected chi connectivity index (χ1v) is 10.7. The third-order valence-electron chi connectivity index (χ3n) is 4.87. The van der Waals surface area contributed by atoms with Gasteiger partial charge in [-0.1, -0.05) is 48.0 Å². The lowest BCUT2D eigenvalue weighted by Crippen LogP contribution is -2.27. The van der Waals surface area contributed by atoms with E-state index in [1.807, 2.05) is 72.8 Å². The SMILES string of the molecule is O=C(Cc1ccc(Nc2nc(=S)[nH]c3ccccc23)cc1)NCCc1ccc(Cl)cc1. The maximum absolute atomic E-state index is 12.2. The maximum atomic E-state index is 12.2. The molecule has 7 heteroatoms. The Kier molecular flexibility index (Phi) is 6.60. The minimum Gasteiger partial charge on any atom is -0.355 e. The Hall–Kier alpha value is -3.22. The van der Waals surface area contributed by atoms with Crippen LogP contribution in [0.25, 0.3) is 10.9 Å². The third-order valence-corrected chi connectivity index (χ3v) is 5.31. The summed E-state index contributed by atoms with van der Waals surface area (Å²) < 4.78 is 0.424. The molecule has 156 valence electrons. The Morgan fingerprint density at radius 2 is 1.68 bits per heavy atom. The highest BCUT2D eigenvalue weighted by Crippen LogP contribution is 2.23. The molecule has 5 nitrogen and oxygen atoms in total. The standard InChI is InChI=1S/C24H21ClN4OS/c25-18-9-5-16(6-10-18)13-14-26-22(30)15-17-7-11-19(12-8-17)27-23-20-3-1-2-4-21(20)28-24(31)29-23/h1-12H,13-15H2,(H,26,30)(H2,27,28,29,31). The number of rotatable bonds is 7. The summed E-state index contributed by atoms with van der Waals surface area (Å²) in [6.45, 7) is 0.591. The first kappa shape index (κ1) is 21.0. The van der Waals surface area contributed by atoms with Crippen molar-refractivity contribution in [3.05, 3.63) is 93.7 Å². The van der Waals surface area contributed by atoms with Gasteiger partial charge in [-0.15, -0.1) is 0 Å². The van der Waals surface area contributed by atoms with E-state index >= 15 is 0 Å². The van der Waals surface area contributed by atoms with E-state index in [4.69, 9.17) is 23.8 Å². The summed E-state index contributed by atoms with van der Waals surface area (Å²) in [5.41, 5.74) is 3.89. The number of carbonyl (C=O) groups excluding carboxylic acids is 1. The van der Waals surface area contributed by atoms with Gasteiger partial charge in [-0.25, -0.2) is 4.98 Å². The molecule has 0 aliphatic rings. The topological polar surface area (TPSA) is 69.8 Å². The van der Waals surface area contributed by atoms with Gasteiger partial charge in [0.15, 0.2) is 4.77 Å². The fourth-order valence-electron chi connectivity index (χ4n) is 3.29. The number of amides is 1. The number of hydrogen-bond donors (Lipinski definition) is 3. The summed E-state index contributed by atoms with van der Waals surface area (Å²) in [6, 6.07) is 23.3. The molecular weight excluding hydrogens is 428 g/mol. The number of hydrogen-bond acceptors (Lipinski definition) is 4. The van der Waals surface area contributed by atoms with E-state index < -0.39 is 0 Å². The summed E-state index contributed by atoms with van der Waals surface area (Å²) in [7, 11) is 0. The molecule has 0 bridgehead atoms. The number of carbonyl (C=O) groups is 1. The van der Waals surface area contributed by atoms with E-state index in [-0.39, 0.29) is 5.91 Å². The molecule has 0 atom stereocenters. The molecule has 3 aromatic carbocycles. The van der Waals surface area contributed by atoms with Crippen LogP contribution >= 0.6 is 23.8 Å². The molecule has 0 spiro atoms. The molecule has 0 saturated carbocycles. The molecule has 1 aromatic heterocycles. The zero-order valence-corrected chi connectivity index (χ0v) is 18.3. The Labute approximate surface area is 190 Å². The average molecular weight is 449 g/mol. The summed E-state index contributed by atoms with van der Waals surface area (Å²) in [5.74, 6) is 0.698. The Morgan fingerprint density at radius 1 is 0.968 bits per heavy atom. The Bertz CT molecular complexity index is 1250. The third kappa shape index (κ3) is 5.69. The Balaban J connectivity index is 1.34. The van der Waals surface area contributed by atoms with Crippen LogP contribution in [-0.4, -0.2) is 22.4 Å². The first-order valence-electron chi connectivity index (χ1n) is 9.93. The van der Waals surface area contributed by atoms with E-state index in [0.29, 0.717) is 28.6 Å². The second-order valence-electron chi connectivity index (χ2n) is 7.16. The molecule has 1 heterocycles. The lowest BCUT2D eigenvalue weighted by molar-refractivity contribution is -0.120. The summed E-state index contributed by atoms with van der Waals surface area (Å²) in [4.78, 5) is 19.7. The highest BCUT2D eigenvalue weighted by molar-refractivity contribution is 7.71. The smallest absolute Gasteiger partial charge is 0.224 e. The summed E-state index contributed by atoms with van der Waals surface area (Å²) in [5, 5.41) is 7.95. The number of halogens is 1. The second kappa shape index (κ2) is 9.73. The fraction of sp³-hybridized carbons (Fsp3) is 0.125. The van der Waals surface area contributed by atoms with Gasteiger partial charge in [0.25, 0.3) is 0 Å². The molecule has 0 unspecified atom stereocenters. The summed E-state index contributed by atoms with van der Waals surface area (Å²) >= 11 is 11.1. The van der Waals surface area contributed by atoms with E-state index in [2.05, 4.69) is 20.6 Å². The lowest BCUT2D eigenvalue weighted by atomic mass is 10.1. The monoisotopic (exact) mass is 448 g/mol. The number of nitrogens with one attached hydrogen (secondary N) is 3. The van der Waals surface area contributed by atoms with E-state index in [0.717, 1.165) is 34.1 Å². The minimum atomic E-state index is -0.00308. The lowest BCUT2D eigenvalue weighted by Gasteiger charge is -2.10. The van der Waals surface area contributed by atoms with Gasteiger partial charge in [0.2, 0.25) is 5.91 Å². The quantitative estimate of drug-likeness (QED) is 0.322. The van der Waals surface area contributed by atoms with Gasteiger partial charge in [0.05, 0.1) is 11.9 Å². The van der Waals surface area contributed by atoms with Crippen LogP contribution in [0.15, 0.2) is 72.8 Å². The van der Waals surface area contributed by atoms with Crippen molar-refractivity contribution in [3.63, 3.8) is 0 Å². The van der Waals surface area contributed by atoms with Crippen molar-refractivity contribution in [1.29, 1.82) is 0 Å². The van der Waals surface area contributed by atoms with E-state index in [9.17, 15) is 4.79 Å². The predicted molar refractivity (Wildman–Crippen MR) is 129 cm³/mol. The van der Waals surface area contributed by atoms with Crippen molar-refractivity contribution >= 4 is 52.1 Å². The van der Waals surface area contributed by atoms with Crippen LogP contribution in [0.1, 0.15) is 11.1 Å². The van der Waals surface area contributed by atoms with E-state index in [1.54, 1.807) is 0 Å². The molecule has 1 amide bonds. The van der Waals surface area contributed by atoms with Gasteiger partial charge in [0, 0.05) is 22.6 Å². The largest absolute Gasteiger partial charge is 0.355 e. The van der Waals surface area contributed by atoms with Gasteiger partial charge >= 0.3 is 0 Å². The van der Waals surface area contributed by atoms with Gasteiger partial charge in [-0.2, -0.15) is 0 Å². The first-order chi connectivity index (χ1) is 15.1. The number of aromatic nitrogens is 2. The average Bonchev–Trinajstić information content (AvgIpc) is 2.76. The number of H-pyrrole nitrogens is 1. The molecular formula is C24H21ClN4OS. The van der Waals surface area contributed by atoms with Crippen molar-refractivity contribution in [3.8, 4) is 0 Å². The molecule has 4 rings (SSSR count). The van der Waals surface area contributed by atoms with Crippen molar-refractivity contribution in [2.75, 3.05) is 11.9 Å². The van der Waals surface area contributed by atoms with Crippen LogP contribution in [-0.2, 0) is 17.6 Å². The molecule has 0 fully saturated rings. The van der Waals surface area contributed by atoms with Crippen molar-refractivity contribution in [1.82, 2.24) is 15.3 Å². The van der Waals surface area contributed by atoms with Crippen LogP contribution in [0, 0.1) is 4.77 Å². The van der Waals surface area contributed by atoms with Crippen LogP contribution in [0.5, 0.6) is 0 Å². The number of aromatic amines is 1. The van der Waals surface area contributed by atoms with Gasteiger partial charge in [-0.05, 0) is 66.2 Å². The highest BCUT2D eigenvalue weighted by atomic mass is 35.5. The number of benzene rings is 3. The second-order valence-corrected chi connectivity index (χ2v) is 7.98. The predicted octanol–water partition coefficient (Wildman–Crippen LogP) is 5.59. The molecule has 0 aliphatic carbocycles. The van der Waals surface area contributed by atoms with Crippen LogP contribution in [0.3, 0.4) is 0 Å². The van der Waals surface area contributed by atoms with Crippen LogP contribution < -0.4 is 10.6 Å². The minimum absolute atomic E-state index is 0.00308. The van der Waals surface area contributed by atoms with Crippen LogP contribution in [0.4, 0.5) is 11.5 Å². The molecule has 0 saturated heterocycles. The summed E-state index contributed by atoms with van der Waals surface area (Å²) in [6.07, 6.45) is 1.10. The van der Waals surface area contributed by atoms with Crippen molar-refractivity contribution in [2.45, 2.75) is 12.8 Å². The molecule has 31 heavy (non-hydrogen) atoms. The van der Waals surface area contributed by atoms with Crippen LogP contribution in [0.2, 0.25) is 5.02 Å². The highest BCUT2D eigenvalue weighted by Gasteiger charge is 2.06. The molecule has 4 aromatic rings. The Morgan fingerprint density at radius 3 is 2.45 bits per heavy atom. The van der Waals surface area contributed by atoms with Gasteiger partial charge in [-0.3, -0.25) is 4.79 Å². The maximum Gasteiger partial charge on any atom is 0.224 e. The molecule has 0 radical (unpaired) electrons. The normalized spacial score (nSPS) is 10.7. The fourth-order valence-corrected chi connectivity index (χ4v) is 3.61. The van der Waals surface area contributed by atoms with E-state index in [1.165, 1.54) is 0 Å². The van der Waals surface area contributed by atoms with Crippen molar-refractivity contribution in [2.24, 2.45) is 0 Å². The van der Waals surface area contributed by atoms with Gasteiger partial charge < -0.3 is 15.6 Å². The molecule has 0 aliphatic heterocycles. The number of para-hydroxylation sites is 1. The number of nitrogens with zero attached hydrogens (tertiary/aromatic N) is 1.